The van der Waals surface area contributed by atoms with Gasteiger partial charge in [-0.25, -0.2) is 0 Å². The number of hydrogen-bond donors (Lipinski definition) is 0. The molecule has 0 spiro atoms. The standard InChI is InChI=1S/C43H86N2/c1-4-7-10-12-14-16-18-20-22-24-26-28-30-32-34-37-40-45-42-41-44(39-36-9-6-3)43(45)38-35-33-31-29-27-25-23-21-19-17-15-13-11-8-5-2/h41-43H,4-40H2,1-3H3. The van der Waals surface area contributed by atoms with Crippen molar-refractivity contribution in [2.75, 3.05) is 13.1 Å². The van der Waals surface area contributed by atoms with E-state index in [9.17, 15) is 0 Å². The van der Waals surface area contributed by atoms with Crippen LogP contribution in [0.15, 0.2) is 12.4 Å². The second-order valence-corrected chi connectivity index (χ2v) is 15.0. The van der Waals surface area contributed by atoms with Crippen LogP contribution in [0.1, 0.15) is 245 Å². The Morgan fingerprint density at radius 1 is 0.289 bits per heavy atom. The summed E-state index contributed by atoms with van der Waals surface area (Å²) < 4.78 is 0. The lowest BCUT2D eigenvalue weighted by Gasteiger charge is -2.33. The molecule has 0 radical (unpaired) electrons. The maximum atomic E-state index is 2.71. The van der Waals surface area contributed by atoms with Crippen molar-refractivity contribution in [3.8, 4) is 0 Å². The molecule has 1 atom stereocenters. The molecular weight excluding hydrogens is 544 g/mol. The molecule has 0 aliphatic carbocycles. The smallest absolute Gasteiger partial charge is 0.101 e. The number of unbranched alkanes of at least 4 members (excludes halogenated alkanes) is 31. The average molecular weight is 631 g/mol. The summed E-state index contributed by atoms with van der Waals surface area (Å²) in [6.45, 7) is 9.47. The lowest BCUT2D eigenvalue weighted by Crippen LogP contribution is -2.39. The molecule has 0 bridgehead atoms. The lowest BCUT2D eigenvalue weighted by atomic mass is 10.0. The number of nitrogens with zero attached hydrogens (tertiary/aromatic N) is 2. The van der Waals surface area contributed by atoms with Crippen LogP contribution in [-0.2, 0) is 0 Å². The van der Waals surface area contributed by atoms with Gasteiger partial charge in [-0.05, 0) is 25.7 Å². The molecule has 0 N–H and O–H groups in total. The molecule has 0 aromatic carbocycles. The first-order chi connectivity index (χ1) is 22.3. The highest BCUT2D eigenvalue weighted by atomic mass is 15.4. The van der Waals surface area contributed by atoms with E-state index in [4.69, 9.17) is 0 Å². The first kappa shape index (κ1) is 42.4. The summed E-state index contributed by atoms with van der Waals surface area (Å²) in [4.78, 5) is 5.39. The van der Waals surface area contributed by atoms with Gasteiger partial charge in [-0.3, -0.25) is 0 Å². The minimum Gasteiger partial charge on any atom is -0.356 e. The lowest BCUT2D eigenvalue weighted by molar-refractivity contribution is 0.135. The van der Waals surface area contributed by atoms with Crippen LogP contribution in [0.2, 0.25) is 0 Å². The molecule has 0 saturated heterocycles. The molecule has 0 aromatic rings. The van der Waals surface area contributed by atoms with Crippen molar-refractivity contribution in [3.05, 3.63) is 12.4 Å². The highest BCUT2D eigenvalue weighted by Crippen LogP contribution is 2.24. The number of rotatable bonds is 37. The fourth-order valence-corrected chi connectivity index (χ4v) is 7.42. The second-order valence-electron chi connectivity index (χ2n) is 15.0. The van der Waals surface area contributed by atoms with E-state index >= 15 is 0 Å². The quantitative estimate of drug-likeness (QED) is 0.0630. The Kier molecular flexibility index (Phi) is 32.6. The van der Waals surface area contributed by atoms with Crippen molar-refractivity contribution >= 4 is 0 Å². The van der Waals surface area contributed by atoms with Crippen molar-refractivity contribution in [1.82, 2.24) is 9.80 Å². The summed E-state index contributed by atoms with van der Waals surface area (Å²) in [6, 6.07) is 0. The molecule has 1 aliphatic heterocycles. The van der Waals surface area contributed by atoms with Gasteiger partial charge in [0.05, 0.1) is 0 Å². The van der Waals surface area contributed by atoms with Crippen molar-refractivity contribution < 1.29 is 0 Å². The molecule has 1 aliphatic rings. The van der Waals surface area contributed by atoms with Gasteiger partial charge in [0, 0.05) is 25.5 Å². The van der Waals surface area contributed by atoms with Crippen molar-refractivity contribution in [1.29, 1.82) is 0 Å². The first-order valence-corrected chi connectivity index (χ1v) is 21.5. The van der Waals surface area contributed by atoms with Crippen LogP contribution in [0.25, 0.3) is 0 Å². The molecule has 0 saturated carbocycles. The molecular formula is C43H86N2. The van der Waals surface area contributed by atoms with Gasteiger partial charge >= 0.3 is 0 Å². The Balaban J connectivity index is 2.04. The molecule has 45 heavy (non-hydrogen) atoms. The summed E-state index contributed by atoms with van der Waals surface area (Å²) in [6.07, 6.45) is 56.0. The van der Waals surface area contributed by atoms with E-state index in [0.29, 0.717) is 6.17 Å². The van der Waals surface area contributed by atoms with E-state index in [1.165, 1.54) is 238 Å². The molecule has 1 rings (SSSR count). The normalized spacial score (nSPS) is 14.8. The highest BCUT2D eigenvalue weighted by molar-refractivity contribution is 4.97. The predicted octanol–water partition coefficient (Wildman–Crippen LogP) is 15.1. The van der Waals surface area contributed by atoms with Crippen LogP contribution in [0.3, 0.4) is 0 Å². The van der Waals surface area contributed by atoms with Crippen LogP contribution in [0.5, 0.6) is 0 Å². The molecule has 2 heteroatoms. The molecule has 0 amide bonds. The monoisotopic (exact) mass is 631 g/mol. The van der Waals surface area contributed by atoms with Crippen LogP contribution in [-0.4, -0.2) is 29.1 Å². The maximum absolute atomic E-state index is 2.71. The summed E-state index contributed by atoms with van der Waals surface area (Å²) >= 11 is 0. The van der Waals surface area contributed by atoms with Crippen LogP contribution >= 0.6 is 0 Å². The summed E-state index contributed by atoms with van der Waals surface area (Å²) in [7, 11) is 0. The van der Waals surface area contributed by atoms with Gasteiger partial charge in [0.25, 0.3) is 0 Å². The van der Waals surface area contributed by atoms with Gasteiger partial charge in [0.15, 0.2) is 0 Å². The van der Waals surface area contributed by atoms with Gasteiger partial charge < -0.3 is 9.80 Å². The Bertz CT molecular complexity index is 586. The minimum atomic E-state index is 0.639. The van der Waals surface area contributed by atoms with Crippen LogP contribution in [0, 0.1) is 0 Å². The van der Waals surface area contributed by atoms with E-state index in [2.05, 4.69) is 43.0 Å². The van der Waals surface area contributed by atoms with Crippen LogP contribution < -0.4 is 0 Å². The summed E-state index contributed by atoms with van der Waals surface area (Å²) in [5.74, 6) is 0. The molecule has 1 unspecified atom stereocenters. The average Bonchev–Trinajstić information content (AvgIpc) is 3.43. The summed E-state index contributed by atoms with van der Waals surface area (Å²) in [5, 5.41) is 0. The van der Waals surface area contributed by atoms with E-state index in [-0.39, 0.29) is 0 Å². The molecule has 0 aromatic heterocycles. The van der Waals surface area contributed by atoms with Crippen molar-refractivity contribution in [2.45, 2.75) is 252 Å². The molecule has 2 nitrogen and oxygen atoms in total. The molecule has 1 heterocycles. The highest BCUT2D eigenvalue weighted by Gasteiger charge is 2.24. The Morgan fingerprint density at radius 3 is 0.822 bits per heavy atom. The van der Waals surface area contributed by atoms with E-state index < -0.39 is 0 Å². The predicted molar refractivity (Wildman–Crippen MR) is 205 cm³/mol. The molecule has 0 fully saturated rings. The van der Waals surface area contributed by atoms with Gasteiger partial charge in [-0.1, -0.05) is 220 Å². The van der Waals surface area contributed by atoms with Gasteiger partial charge in [0.1, 0.15) is 6.17 Å². The third-order valence-electron chi connectivity index (χ3n) is 10.6. The maximum Gasteiger partial charge on any atom is 0.101 e. The summed E-state index contributed by atoms with van der Waals surface area (Å²) in [5.41, 5.74) is 0. The fraction of sp³-hybridized carbons (Fsp3) is 0.953. The number of hydrogen-bond acceptors (Lipinski definition) is 2. The van der Waals surface area contributed by atoms with Gasteiger partial charge in [-0.15, -0.1) is 0 Å². The Hall–Kier alpha value is -0.660. The SMILES string of the molecule is CCCCCCCCCCCCCCCCCCN1C=CN(CCCCC)C1CCCCCCCCCCCCCCCCC. The zero-order chi connectivity index (χ0) is 32.3. The van der Waals surface area contributed by atoms with Crippen molar-refractivity contribution in [3.63, 3.8) is 0 Å². The topological polar surface area (TPSA) is 6.48 Å². The van der Waals surface area contributed by atoms with Gasteiger partial charge in [-0.2, -0.15) is 0 Å². The van der Waals surface area contributed by atoms with Gasteiger partial charge in [0.2, 0.25) is 0 Å². The third kappa shape index (κ3) is 27.0. The second kappa shape index (κ2) is 34.7. The molecule has 268 valence electrons. The first-order valence-electron chi connectivity index (χ1n) is 21.5. The van der Waals surface area contributed by atoms with E-state index in [1.807, 2.05) is 0 Å². The zero-order valence-electron chi connectivity index (χ0n) is 31.8. The minimum absolute atomic E-state index is 0.639. The third-order valence-corrected chi connectivity index (χ3v) is 10.6. The Morgan fingerprint density at radius 2 is 0.511 bits per heavy atom. The van der Waals surface area contributed by atoms with E-state index in [1.54, 1.807) is 0 Å². The fourth-order valence-electron chi connectivity index (χ4n) is 7.42. The zero-order valence-corrected chi connectivity index (χ0v) is 31.8. The van der Waals surface area contributed by atoms with Crippen molar-refractivity contribution in [2.24, 2.45) is 0 Å². The largest absolute Gasteiger partial charge is 0.356 e. The van der Waals surface area contributed by atoms with Crippen LogP contribution in [0.4, 0.5) is 0 Å². The Labute approximate surface area is 286 Å². The van der Waals surface area contributed by atoms with E-state index in [0.717, 1.165) is 0 Å².